The molecule has 0 N–H and O–H groups in total. The van der Waals surface area contributed by atoms with Gasteiger partial charge in [0.2, 0.25) is 0 Å². The second-order valence-corrected chi connectivity index (χ2v) is 7.91. The number of aromatic nitrogens is 2. The summed E-state index contributed by atoms with van der Waals surface area (Å²) in [6, 6.07) is 7.60. The molecular weight excluding hydrogens is 366 g/mol. The van der Waals surface area contributed by atoms with E-state index in [1.165, 1.54) is 0 Å². The lowest BCUT2D eigenvalue weighted by atomic mass is 9.76. The minimum absolute atomic E-state index is 0.0305. The molecule has 0 bridgehead atoms. The molecule has 3 aliphatic rings. The average molecular weight is 386 g/mol. The van der Waals surface area contributed by atoms with Gasteiger partial charge in [-0.2, -0.15) is 0 Å². The minimum atomic E-state index is -0.718. The summed E-state index contributed by atoms with van der Waals surface area (Å²) < 4.78 is 12.2. The number of hydrogen-bond donors (Lipinski definition) is 0. The second kappa shape index (κ2) is 6.55. The van der Waals surface area contributed by atoms with Crippen molar-refractivity contribution in [2.24, 2.45) is 0 Å². The molecule has 1 aromatic carbocycles. The first-order chi connectivity index (χ1) is 13.1. The van der Waals surface area contributed by atoms with Gasteiger partial charge in [-0.15, -0.1) is 0 Å². The molecule has 2 aliphatic heterocycles. The van der Waals surface area contributed by atoms with Crippen LogP contribution in [0.25, 0.3) is 0 Å². The highest BCUT2D eigenvalue weighted by molar-refractivity contribution is 6.30. The van der Waals surface area contributed by atoms with Gasteiger partial charge in [0.25, 0.3) is 5.91 Å². The van der Waals surface area contributed by atoms with Gasteiger partial charge in [-0.1, -0.05) is 23.7 Å². The topological polar surface area (TPSA) is 64.6 Å². The number of hydrogen-bond acceptors (Lipinski definition) is 5. The van der Waals surface area contributed by atoms with Crippen LogP contribution < -0.4 is 0 Å². The fourth-order valence-electron chi connectivity index (χ4n) is 4.39. The quantitative estimate of drug-likeness (QED) is 0.808. The van der Waals surface area contributed by atoms with Crippen molar-refractivity contribution >= 4 is 17.5 Å². The minimum Gasteiger partial charge on any atom is -0.373 e. The molecule has 27 heavy (non-hydrogen) atoms. The lowest BCUT2D eigenvalue weighted by molar-refractivity contribution is -0.177. The monoisotopic (exact) mass is 385 g/mol. The first-order valence-electron chi connectivity index (χ1n) is 9.27. The maximum Gasteiger partial charge on any atom is 0.257 e. The van der Waals surface area contributed by atoms with Crippen molar-refractivity contribution in [3.63, 3.8) is 0 Å². The third-order valence-corrected chi connectivity index (χ3v) is 5.97. The highest BCUT2D eigenvalue weighted by Gasteiger charge is 2.63. The molecule has 140 valence electrons. The molecule has 0 unspecified atom stereocenters. The molecule has 1 amide bonds. The Morgan fingerprint density at radius 3 is 2.96 bits per heavy atom. The maximum atomic E-state index is 13.1. The summed E-state index contributed by atoms with van der Waals surface area (Å²) in [5.74, 6) is 0.0725. The second-order valence-electron chi connectivity index (χ2n) is 7.47. The molecule has 2 saturated heterocycles. The van der Waals surface area contributed by atoms with Crippen LogP contribution in [0.15, 0.2) is 42.9 Å². The highest BCUT2D eigenvalue weighted by atomic mass is 35.5. The van der Waals surface area contributed by atoms with Crippen molar-refractivity contribution in [3.05, 3.63) is 59.1 Å². The van der Waals surface area contributed by atoms with Gasteiger partial charge in [0, 0.05) is 30.3 Å². The number of ether oxygens (including phenoxy) is 2. The Hall–Kier alpha value is -2.02. The van der Waals surface area contributed by atoms with Gasteiger partial charge in [0.15, 0.2) is 5.60 Å². The maximum absolute atomic E-state index is 13.1. The summed E-state index contributed by atoms with van der Waals surface area (Å²) in [7, 11) is 0. The smallest absolute Gasteiger partial charge is 0.257 e. The van der Waals surface area contributed by atoms with E-state index in [0.29, 0.717) is 24.5 Å². The Balaban J connectivity index is 1.23. The number of carbonyl (C=O) groups excluding carboxylic acids is 1. The van der Waals surface area contributed by atoms with E-state index >= 15 is 0 Å². The van der Waals surface area contributed by atoms with Gasteiger partial charge in [-0.05, 0) is 30.5 Å². The molecule has 1 spiro atoms. The highest BCUT2D eigenvalue weighted by Crippen LogP contribution is 2.51. The van der Waals surface area contributed by atoms with Crippen molar-refractivity contribution in [3.8, 4) is 0 Å². The van der Waals surface area contributed by atoms with Crippen LogP contribution in [0.4, 0.5) is 0 Å². The van der Waals surface area contributed by atoms with Crippen LogP contribution in [0.3, 0.4) is 0 Å². The van der Waals surface area contributed by atoms with Crippen LogP contribution in [0.5, 0.6) is 0 Å². The van der Waals surface area contributed by atoms with Crippen LogP contribution in [0, 0.1) is 0 Å². The van der Waals surface area contributed by atoms with Crippen LogP contribution in [-0.4, -0.2) is 38.7 Å². The van der Waals surface area contributed by atoms with E-state index in [9.17, 15) is 4.79 Å². The fraction of sp³-hybridized carbons (Fsp3) is 0.450. The summed E-state index contributed by atoms with van der Waals surface area (Å²) in [6.07, 6.45) is 7.84. The molecule has 0 radical (unpaired) electrons. The predicted molar refractivity (Wildman–Crippen MR) is 97.7 cm³/mol. The number of carbonyl (C=O) groups is 1. The average Bonchev–Trinajstić information content (AvgIpc) is 3.18. The molecule has 1 saturated carbocycles. The normalized spacial score (nSPS) is 32.0. The van der Waals surface area contributed by atoms with Gasteiger partial charge < -0.3 is 14.4 Å². The zero-order valence-electron chi connectivity index (χ0n) is 14.8. The van der Waals surface area contributed by atoms with E-state index < -0.39 is 5.60 Å². The molecule has 1 aliphatic carbocycles. The summed E-state index contributed by atoms with van der Waals surface area (Å²) >= 11 is 6.01. The third kappa shape index (κ3) is 2.92. The van der Waals surface area contributed by atoms with Crippen LogP contribution in [0.2, 0.25) is 5.02 Å². The molecule has 5 rings (SSSR count). The van der Waals surface area contributed by atoms with Gasteiger partial charge in [0.05, 0.1) is 30.6 Å². The van der Waals surface area contributed by atoms with Crippen molar-refractivity contribution < 1.29 is 14.3 Å². The number of fused-ring (bicyclic) bond motifs is 1. The van der Waals surface area contributed by atoms with Gasteiger partial charge >= 0.3 is 0 Å². The Bertz CT molecular complexity index is 857. The Labute approximate surface area is 162 Å². The Morgan fingerprint density at radius 2 is 2.19 bits per heavy atom. The molecule has 1 aromatic heterocycles. The number of halogens is 1. The summed E-state index contributed by atoms with van der Waals surface area (Å²) in [4.78, 5) is 23.5. The van der Waals surface area contributed by atoms with Crippen molar-refractivity contribution in [1.29, 1.82) is 0 Å². The van der Waals surface area contributed by atoms with Crippen molar-refractivity contribution in [2.75, 3.05) is 0 Å². The van der Waals surface area contributed by atoms with E-state index in [1.807, 2.05) is 29.2 Å². The fourth-order valence-corrected chi connectivity index (χ4v) is 4.60. The molecule has 6 nitrogen and oxygen atoms in total. The molecule has 3 heterocycles. The van der Waals surface area contributed by atoms with Gasteiger partial charge in [0.1, 0.15) is 6.23 Å². The zero-order chi connectivity index (χ0) is 18.4. The third-order valence-electron chi connectivity index (χ3n) is 5.73. The lowest BCUT2D eigenvalue weighted by Gasteiger charge is -2.42. The van der Waals surface area contributed by atoms with Gasteiger partial charge in [-0.25, -0.2) is 0 Å². The lowest BCUT2D eigenvalue weighted by Crippen LogP contribution is -2.54. The SMILES string of the molecule is O=C1N2[C@@H](CC[C@H]2c2cnccn2)OC12CC(OCc1cccc(Cl)c1)C2. The van der Waals surface area contributed by atoms with Crippen LogP contribution in [-0.2, 0) is 20.9 Å². The van der Waals surface area contributed by atoms with Gasteiger partial charge in [-0.3, -0.25) is 14.8 Å². The van der Waals surface area contributed by atoms with Crippen LogP contribution >= 0.6 is 11.6 Å². The van der Waals surface area contributed by atoms with E-state index in [1.54, 1.807) is 18.6 Å². The molecule has 7 heteroatoms. The number of benzene rings is 1. The number of rotatable bonds is 4. The van der Waals surface area contributed by atoms with E-state index in [2.05, 4.69) is 9.97 Å². The molecule has 3 fully saturated rings. The Morgan fingerprint density at radius 1 is 1.30 bits per heavy atom. The summed E-state index contributed by atoms with van der Waals surface area (Å²) in [5, 5.41) is 0.700. The van der Waals surface area contributed by atoms with Crippen molar-refractivity contribution in [1.82, 2.24) is 14.9 Å². The van der Waals surface area contributed by atoms with E-state index in [0.717, 1.165) is 24.1 Å². The van der Waals surface area contributed by atoms with E-state index in [4.69, 9.17) is 21.1 Å². The van der Waals surface area contributed by atoms with E-state index in [-0.39, 0.29) is 24.3 Å². The summed E-state index contributed by atoms with van der Waals surface area (Å²) in [5.41, 5.74) is 1.15. The first kappa shape index (κ1) is 17.1. The van der Waals surface area contributed by atoms with Crippen LogP contribution in [0.1, 0.15) is 43.0 Å². The molecular formula is C20H20ClN3O3. The largest absolute Gasteiger partial charge is 0.373 e. The molecule has 2 aromatic rings. The number of nitrogens with zero attached hydrogens (tertiary/aromatic N) is 3. The standard InChI is InChI=1S/C20H20ClN3O3/c21-14-3-1-2-13(8-14)12-26-15-9-20(10-15)19(25)24-17(4-5-18(24)27-20)16-11-22-6-7-23-16/h1-3,6-8,11,15,17-18H,4-5,9-10,12H2/t15?,17-,18+,20?/m0/s1. The zero-order valence-corrected chi connectivity index (χ0v) is 15.5. The predicted octanol–water partition coefficient (Wildman–Crippen LogP) is 3.27. The molecule has 2 atom stereocenters. The number of amides is 1. The Kier molecular flexibility index (Phi) is 4.15. The summed E-state index contributed by atoms with van der Waals surface area (Å²) in [6.45, 7) is 0.491. The first-order valence-corrected chi connectivity index (χ1v) is 9.65. The van der Waals surface area contributed by atoms with Crippen molar-refractivity contribution in [2.45, 2.75) is 56.3 Å².